The molecule has 0 saturated carbocycles. The summed E-state index contributed by atoms with van der Waals surface area (Å²) in [5.41, 5.74) is 1.64. The minimum Gasteiger partial charge on any atom is -0.335 e. The van der Waals surface area contributed by atoms with Gasteiger partial charge < -0.3 is 5.32 Å². The highest BCUT2D eigenvalue weighted by atomic mass is 19.1. The lowest BCUT2D eigenvalue weighted by Gasteiger charge is -2.14. The third kappa shape index (κ3) is 3.46. The molecule has 3 rings (SSSR count). The predicted octanol–water partition coefficient (Wildman–Crippen LogP) is 1.26. The monoisotopic (exact) mass is 313 g/mol. The van der Waals surface area contributed by atoms with Gasteiger partial charge in [0.05, 0.1) is 18.7 Å². The minimum atomic E-state index is -0.392. The topological polar surface area (TPSA) is 54.0 Å². The number of nitrogens with two attached hydrogens (primary N) is 1. The highest BCUT2D eigenvalue weighted by Gasteiger charge is 2.41. The lowest BCUT2D eigenvalue weighted by Crippen LogP contribution is -2.92. The van der Waals surface area contributed by atoms with Crippen LogP contribution in [0.5, 0.6) is 0 Å². The van der Waals surface area contributed by atoms with Gasteiger partial charge in [-0.1, -0.05) is 30.3 Å². The number of amides is 2. The van der Waals surface area contributed by atoms with Gasteiger partial charge in [-0.25, -0.2) is 9.29 Å². The lowest BCUT2D eigenvalue weighted by molar-refractivity contribution is -0.674. The number of anilines is 1. The molecule has 4 nitrogen and oxygen atoms in total. The molecule has 1 saturated heterocycles. The Bertz CT molecular complexity index is 701. The minimum absolute atomic E-state index is 0.186. The van der Waals surface area contributed by atoms with Crippen LogP contribution < -0.4 is 10.2 Å². The Morgan fingerprint density at radius 3 is 2.43 bits per heavy atom. The first-order valence-corrected chi connectivity index (χ1v) is 7.65. The van der Waals surface area contributed by atoms with Crippen molar-refractivity contribution in [2.45, 2.75) is 18.9 Å². The number of halogens is 1. The number of nitrogens with zero attached hydrogens (tertiary/aromatic N) is 1. The molecule has 1 heterocycles. The summed E-state index contributed by atoms with van der Waals surface area (Å²) in [4.78, 5) is 25.7. The van der Waals surface area contributed by atoms with Crippen molar-refractivity contribution < 1.29 is 19.3 Å². The SMILES string of the molecule is O=C1CC([NH2+]CCc2ccccc2)C(=O)N1c1ccc(F)cc1. The van der Waals surface area contributed by atoms with Gasteiger partial charge in [0.2, 0.25) is 5.91 Å². The van der Waals surface area contributed by atoms with Crippen LogP contribution in [0, 0.1) is 5.82 Å². The lowest BCUT2D eigenvalue weighted by atomic mass is 10.1. The second kappa shape index (κ2) is 6.71. The van der Waals surface area contributed by atoms with Crippen molar-refractivity contribution in [1.82, 2.24) is 0 Å². The zero-order chi connectivity index (χ0) is 16.2. The molecule has 118 valence electrons. The highest BCUT2D eigenvalue weighted by molar-refractivity contribution is 6.21. The van der Waals surface area contributed by atoms with Crippen LogP contribution in [0.2, 0.25) is 0 Å². The van der Waals surface area contributed by atoms with Crippen molar-refractivity contribution in [2.75, 3.05) is 11.4 Å². The smallest absolute Gasteiger partial charge is 0.292 e. The molecule has 2 aromatic rings. The molecule has 0 radical (unpaired) electrons. The Morgan fingerprint density at radius 1 is 1.04 bits per heavy atom. The summed E-state index contributed by atoms with van der Waals surface area (Å²) in [5.74, 6) is -0.851. The maximum absolute atomic E-state index is 13.0. The molecule has 1 aliphatic rings. The van der Waals surface area contributed by atoms with Gasteiger partial charge in [0.25, 0.3) is 5.91 Å². The summed E-state index contributed by atoms with van der Waals surface area (Å²) in [7, 11) is 0. The van der Waals surface area contributed by atoms with Gasteiger partial charge in [0.15, 0.2) is 6.04 Å². The number of hydrogen-bond donors (Lipinski definition) is 1. The molecule has 2 aromatic carbocycles. The van der Waals surface area contributed by atoms with Crippen LogP contribution >= 0.6 is 0 Å². The van der Waals surface area contributed by atoms with E-state index < -0.39 is 6.04 Å². The van der Waals surface area contributed by atoms with Crippen molar-refractivity contribution in [3.63, 3.8) is 0 Å². The van der Waals surface area contributed by atoms with Gasteiger partial charge >= 0.3 is 0 Å². The van der Waals surface area contributed by atoms with Crippen molar-refractivity contribution in [3.05, 3.63) is 66.0 Å². The van der Waals surface area contributed by atoms with Crippen LogP contribution in [0.25, 0.3) is 0 Å². The summed E-state index contributed by atoms with van der Waals surface area (Å²) in [6.07, 6.45) is 1.03. The quantitative estimate of drug-likeness (QED) is 0.845. The molecule has 0 bridgehead atoms. The van der Waals surface area contributed by atoms with Crippen LogP contribution in [-0.4, -0.2) is 24.4 Å². The summed E-state index contributed by atoms with van der Waals surface area (Å²) in [6.45, 7) is 0.741. The number of benzene rings is 2. The molecule has 1 aliphatic heterocycles. The van der Waals surface area contributed by atoms with Crippen LogP contribution in [-0.2, 0) is 16.0 Å². The summed E-state index contributed by atoms with van der Waals surface area (Å²) < 4.78 is 13.0. The average molecular weight is 313 g/mol. The second-order valence-electron chi connectivity index (χ2n) is 5.61. The van der Waals surface area contributed by atoms with Gasteiger partial charge in [0, 0.05) is 6.42 Å². The first-order chi connectivity index (χ1) is 11.1. The van der Waals surface area contributed by atoms with E-state index in [-0.39, 0.29) is 24.1 Å². The fourth-order valence-corrected chi connectivity index (χ4v) is 2.80. The van der Waals surface area contributed by atoms with E-state index in [2.05, 4.69) is 0 Å². The summed E-state index contributed by atoms with van der Waals surface area (Å²) in [6, 6.07) is 15.0. The highest BCUT2D eigenvalue weighted by Crippen LogP contribution is 2.21. The largest absolute Gasteiger partial charge is 0.335 e. The summed E-state index contributed by atoms with van der Waals surface area (Å²) >= 11 is 0. The maximum atomic E-state index is 13.0. The van der Waals surface area contributed by atoms with E-state index in [1.807, 2.05) is 35.6 Å². The van der Waals surface area contributed by atoms with Gasteiger partial charge in [0.1, 0.15) is 5.82 Å². The number of hydrogen-bond acceptors (Lipinski definition) is 2. The Kier molecular flexibility index (Phi) is 4.48. The molecule has 2 N–H and O–H groups in total. The van der Waals surface area contributed by atoms with E-state index in [1.165, 1.54) is 29.8 Å². The molecule has 23 heavy (non-hydrogen) atoms. The van der Waals surface area contributed by atoms with E-state index in [1.54, 1.807) is 0 Å². The summed E-state index contributed by atoms with van der Waals surface area (Å²) in [5, 5.41) is 1.91. The van der Waals surface area contributed by atoms with Crippen molar-refractivity contribution in [3.8, 4) is 0 Å². The molecule has 2 amide bonds. The van der Waals surface area contributed by atoms with Crippen LogP contribution in [0.15, 0.2) is 54.6 Å². The van der Waals surface area contributed by atoms with E-state index >= 15 is 0 Å². The Labute approximate surface area is 133 Å². The van der Waals surface area contributed by atoms with E-state index in [0.29, 0.717) is 5.69 Å². The molecule has 5 heteroatoms. The first-order valence-electron chi connectivity index (χ1n) is 7.65. The van der Waals surface area contributed by atoms with Crippen molar-refractivity contribution in [1.29, 1.82) is 0 Å². The number of carbonyl (C=O) groups excluding carboxylic acids is 2. The molecule has 1 unspecified atom stereocenters. The first kappa shape index (κ1) is 15.4. The van der Waals surface area contributed by atoms with Crippen LogP contribution in [0.4, 0.5) is 10.1 Å². The van der Waals surface area contributed by atoms with Crippen molar-refractivity contribution in [2.24, 2.45) is 0 Å². The van der Waals surface area contributed by atoms with Crippen molar-refractivity contribution >= 4 is 17.5 Å². The molecule has 0 aliphatic carbocycles. The number of rotatable bonds is 5. The molecule has 0 spiro atoms. The van der Waals surface area contributed by atoms with Gasteiger partial charge in [-0.2, -0.15) is 0 Å². The Hall–Kier alpha value is -2.53. The third-order valence-corrected chi connectivity index (χ3v) is 3.99. The average Bonchev–Trinajstić information content (AvgIpc) is 2.84. The number of carbonyl (C=O) groups is 2. The van der Waals surface area contributed by atoms with E-state index in [0.717, 1.165) is 17.9 Å². The van der Waals surface area contributed by atoms with Gasteiger partial charge in [-0.15, -0.1) is 0 Å². The molecule has 0 aromatic heterocycles. The van der Waals surface area contributed by atoms with Crippen LogP contribution in [0.3, 0.4) is 0 Å². The molecular formula is C18H18FN2O2+. The maximum Gasteiger partial charge on any atom is 0.292 e. The normalized spacial score (nSPS) is 17.8. The fourth-order valence-electron chi connectivity index (χ4n) is 2.80. The van der Waals surface area contributed by atoms with E-state index in [9.17, 15) is 14.0 Å². The number of imide groups is 1. The second-order valence-corrected chi connectivity index (χ2v) is 5.61. The zero-order valence-corrected chi connectivity index (χ0v) is 12.6. The standard InChI is InChI=1S/C18H17FN2O2/c19-14-6-8-15(9-7-14)21-17(22)12-16(18(21)23)20-11-10-13-4-2-1-3-5-13/h1-9,16,20H,10-12H2/p+1. The fraction of sp³-hybridized carbons (Fsp3) is 0.222. The van der Waals surface area contributed by atoms with E-state index in [4.69, 9.17) is 0 Å². The molecule has 1 atom stereocenters. The predicted molar refractivity (Wildman–Crippen MR) is 84.2 cm³/mol. The molecule has 1 fully saturated rings. The Balaban J connectivity index is 1.61. The number of quaternary nitrogens is 1. The third-order valence-electron chi connectivity index (χ3n) is 3.99. The molecular weight excluding hydrogens is 295 g/mol. The Morgan fingerprint density at radius 2 is 1.74 bits per heavy atom. The van der Waals surface area contributed by atoms with Gasteiger partial charge in [-0.05, 0) is 29.8 Å². The van der Waals surface area contributed by atoms with Crippen LogP contribution in [0.1, 0.15) is 12.0 Å². The zero-order valence-electron chi connectivity index (χ0n) is 12.6. The van der Waals surface area contributed by atoms with Gasteiger partial charge in [-0.3, -0.25) is 9.59 Å².